The number of benzene rings is 1. The summed E-state index contributed by atoms with van der Waals surface area (Å²) in [6.45, 7) is 6.34. The molecular formula is C14H20O4. The molecule has 0 fully saturated rings. The van der Waals surface area contributed by atoms with E-state index in [2.05, 4.69) is 20.8 Å². The lowest BCUT2D eigenvalue weighted by Gasteiger charge is -2.34. The van der Waals surface area contributed by atoms with E-state index in [-0.39, 0.29) is 11.3 Å². The van der Waals surface area contributed by atoms with Gasteiger partial charge in [-0.2, -0.15) is 4.89 Å². The van der Waals surface area contributed by atoms with Crippen LogP contribution in [0.1, 0.15) is 44.1 Å². The van der Waals surface area contributed by atoms with Gasteiger partial charge in [0.1, 0.15) is 0 Å². The third-order valence-corrected chi connectivity index (χ3v) is 3.28. The van der Waals surface area contributed by atoms with Crippen molar-refractivity contribution in [3.05, 3.63) is 35.4 Å². The molecule has 1 aliphatic heterocycles. The summed E-state index contributed by atoms with van der Waals surface area (Å²) in [6.07, 6.45) is -1.62. The Hall–Kier alpha value is -0.940. The smallest absolute Gasteiger partial charge is 0.215 e. The summed E-state index contributed by atoms with van der Waals surface area (Å²) in [5.74, 6) is -0.0177. The first kappa shape index (κ1) is 13.5. The molecule has 3 atom stereocenters. The van der Waals surface area contributed by atoms with Gasteiger partial charge in [0.25, 0.3) is 0 Å². The fourth-order valence-electron chi connectivity index (χ4n) is 2.43. The zero-order valence-electron chi connectivity index (χ0n) is 11.2. The van der Waals surface area contributed by atoms with Gasteiger partial charge in [0.15, 0.2) is 6.29 Å². The predicted octanol–water partition coefficient (Wildman–Crippen LogP) is 2.74. The minimum atomic E-state index is -1.08. The maximum Gasteiger partial charge on any atom is 0.215 e. The summed E-state index contributed by atoms with van der Waals surface area (Å²) in [5.41, 5.74) is 1.66. The summed E-state index contributed by atoms with van der Waals surface area (Å²) >= 11 is 0. The molecule has 0 bridgehead atoms. The molecule has 4 heteroatoms. The minimum Gasteiger partial charge on any atom is -0.362 e. The summed E-state index contributed by atoms with van der Waals surface area (Å²) in [7, 11) is 1.58. The van der Waals surface area contributed by atoms with E-state index in [1.807, 2.05) is 24.3 Å². The molecule has 0 saturated heterocycles. The molecule has 3 unspecified atom stereocenters. The second-order valence-corrected chi connectivity index (χ2v) is 5.62. The average molecular weight is 252 g/mol. The molecule has 1 N–H and O–H groups in total. The zero-order chi connectivity index (χ0) is 13.3. The van der Waals surface area contributed by atoms with Crippen molar-refractivity contribution >= 4 is 0 Å². The number of fused-ring (bicyclic) bond motifs is 1. The van der Waals surface area contributed by atoms with Crippen LogP contribution in [0.25, 0.3) is 0 Å². The Morgan fingerprint density at radius 3 is 2.28 bits per heavy atom. The molecule has 1 heterocycles. The second kappa shape index (κ2) is 4.97. The quantitative estimate of drug-likeness (QED) is 0.781. The Morgan fingerprint density at radius 2 is 1.72 bits per heavy atom. The maximum absolute atomic E-state index is 9.94. The number of rotatable bonds is 1. The van der Waals surface area contributed by atoms with E-state index in [0.29, 0.717) is 0 Å². The first-order chi connectivity index (χ1) is 8.45. The van der Waals surface area contributed by atoms with Gasteiger partial charge in [-0.1, -0.05) is 45.0 Å². The summed E-state index contributed by atoms with van der Waals surface area (Å²) in [4.78, 5) is 10.2. The van der Waals surface area contributed by atoms with Gasteiger partial charge in [-0.05, 0) is 11.0 Å². The Bertz CT molecular complexity index is 411. The molecule has 0 spiro atoms. The molecule has 1 aliphatic rings. The fraction of sp³-hybridized carbons (Fsp3) is 0.571. The molecule has 0 aromatic heterocycles. The maximum atomic E-state index is 9.94. The SMILES string of the molecule is COC1OOC(O)c2ccccc2C1C(C)(C)C. The van der Waals surface area contributed by atoms with Crippen molar-refractivity contribution in [3.63, 3.8) is 0 Å². The lowest BCUT2D eigenvalue weighted by atomic mass is 9.74. The number of aliphatic hydroxyl groups is 1. The van der Waals surface area contributed by atoms with E-state index in [9.17, 15) is 5.11 Å². The van der Waals surface area contributed by atoms with Gasteiger partial charge < -0.3 is 9.84 Å². The van der Waals surface area contributed by atoms with Gasteiger partial charge in [-0.25, -0.2) is 4.89 Å². The van der Waals surface area contributed by atoms with Gasteiger partial charge in [0.2, 0.25) is 6.29 Å². The van der Waals surface area contributed by atoms with Crippen molar-refractivity contribution in [1.82, 2.24) is 0 Å². The number of methoxy groups -OCH3 is 1. The highest BCUT2D eigenvalue weighted by Crippen LogP contribution is 2.44. The molecule has 0 amide bonds. The van der Waals surface area contributed by atoms with Crippen LogP contribution in [0.3, 0.4) is 0 Å². The van der Waals surface area contributed by atoms with Crippen LogP contribution in [-0.4, -0.2) is 18.5 Å². The van der Waals surface area contributed by atoms with Crippen molar-refractivity contribution in [2.24, 2.45) is 5.41 Å². The highest BCUT2D eigenvalue weighted by molar-refractivity contribution is 5.33. The molecule has 4 nitrogen and oxygen atoms in total. The number of hydrogen-bond donors (Lipinski definition) is 1. The Balaban J connectivity index is 2.54. The van der Waals surface area contributed by atoms with Gasteiger partial charge >= 0.3 is 0 Å². The predicted molar refractivity (Wildman–Crippen MR) is 66.6 cm³/mol. The van der Waals surface area contributed by atoms with Crippen molar-refractivity contribution in [2.75, 3.05) is 7.11 Å². The third-order valence-electron chi connectivity index (χ3n) is 3.28. The average Bonchev–Trinajstić information content (AvgIpc) is 2.46. The van der Waals surface area contributed by atoms with E-state index in [4.69, 9.17) is 14.5 Å². The van der Waals surface area contributed by atoms with Gasteiger partial charge in [-0.15, -0.1) is 0 Å². The second-order valence-electron chi connectivity index (χ2n) is 5.62. The molecule has 18 heavy (non-hydrogen) atoms. The van der Waals surface area contributed by atoms with E-state index in [0.717, 1.165) is 11.1 Å². The molecule has 2 rings (SSSR count). The van der Waals surface area contributed by atoms with Crippen molar-refractivity contribution in [2.45, 2.75) is 39.3 Å². The number of aliphatic hydroxyl groups excluding tert-OH is 1. The van der Waals surface area contributed by atoms with E-state index in [1.165, 1.54) is 0 Å². The molecule has 1 aromatic rings. The lowest BCUT2D eigenvalue weighted by molar-refractivity contribution is -0.431. The van der Waals surface area contributed by atoms with Crippen LogP contribution < -0.4 is 0 Å². The number of hydrogen-bond acceptors (Lipinski definition) is 4. The Labute approximate surface area is 107 Å². The van der Waals surface area contributed by atoms with E-state index < -0.39 is 12.6 Å². The van der Waals surface area contributed by atoms with Crippen LogP contribution in [0, 0.1) is 5.41 Å². The van der Waals surface area contributed by atoms with Crippen molar-refractivity contribution in [3.8, 4) is 0 Å². The molecule has 0 aliphatic carbocycles. The van der Waals surface area contributed by atoms with Crippen molar-refractivity contribution < 1.29 is 19.6 Å². The Morgan fingerprint density at radius 1 is 1.11 bits per heavy atom. The fourth-order valence-corrected chi connectivity index (χ4v) is 2.43. The van der Waals surface area contributed by atoms with Crippen LogP contribution in [0.5, 0.6) is 0 Å². The molecule has 0 saturated carbocycles. The normalized spacial score (nSPS) is 28.6. The summed E-state index contributed by atoms with van der Waals surface area (Å²) in [6, 6.07) is 7.65. The molecule has 0 radical (unpaired) electrons. The Kier molecular flexibility index (Phi) is 3.73. The van der Waals surface area contributed by atoms with Crippen LogP contribution >= 0.6 is 0 Å². The topological polar surface area (TPSA) is 47.9 Å². The largest absolute Gasteiger partial charge is 0.362 e. The van der Waals surface area contributed by atoms with Crippen LogP contribution in [0.15, 0.2) is 24.3 Å². The standard InChI is InChI=1S/C14H20O4/c1-14(2,3)11-9-7-5-6-8-10(9)12(15)17-18-13(11)16-4/h5-8,11-13,15H,1-4H3. The monoisotopic (exact) mass is 252 g/mol. The first-order valence-electron chi connectivity index (χ1n) is 6.07. The van der Waals surface area contributed by atoms with Crippen molar-refractivity contribution in [1.29, 1.82) is 0 Å². The third kappa shape index (κ3) is 2.42. The van der Waals surface area contributed by atoms with E-state index >= 15 is 0 Å². The van der Waals surface area contributed by atoms with Crippen LogP contribution in [0.2, 0.25) is 0 Å². The van der Waals surface area contributed by atoms with Gasteiger partial charge in [0, 0.05) is 18.6 Å². The first-order valence-corrected chi connectivity index (χ1v) is 6.07. The lowest BCUT2D eigenvalue weighted by Crippen LogP contribution is -2.32. The highest BCUT2D eigenvalue weighted by atomic mass is 17.2. The van der Waals surface area contributed by atoms with Crippen LogP contribution in [0.4, 0.5) is 0 Å². The molecular weight excluding hydrogens is 232 g/mol. The number of ether oxygens (including phenoxy) is 1. The van der Waals surface area contributed by atoms with Gasteiger partial charge in [0.05, 0.1) is 0 Å². The van der Waals surface area contributed by atoms with Crippen LogP contribution in [-0.2, 0) is 14.5 Å². The zero-order valence-corrected chi connectivity index (χ0v) is 11.2. The summed E-state index contributed by atoms with van der Waals surface area (Å²) < 4.78 is 5.36. The minimum absolute atomic E-state index is 0.0177. The van der Waals surface area contributed by atoms with E-state index in [1.54, 1.807) is 7.11 Å². The molecule has 100 valence electrons. The molecule has 1 aromatic carbocycles. The highest BCUT2D eigenvalue weighted by Gasteiger charge is 2.40. The van der Waals surface area contributed by atoms with Gasteiger partial charge in [-0.3, -0.25) is 0 Å². The summed E-state index contributed by atoms with van der Waals surface area (Å²) in [5, 5.41) is 9.94.